The maximum absolute atomic E-state index is 12.2. The van der Waals surface area contributed by atoms with Crippen LogP contribution < -0.4 is 5.73 Å². The number of nitrogen functional groups attached to an aromatic ring is 1. The Morgan fingerprint density at radius 2 is 2.11 bits per heavy atom. The zero-order valence-electron chi connectivity index (χ0n) is 11.0. The van der Waals surface area contributed by atoms with E-state index in [1.54, 1.807) is 11.3 Å². The molecule has 19 heavy (non-hydrogen) atoms. The highest BCUT2D eigenvalue weighted by molar-refractivity contribution is 7.07. The Labute approximate surface area is 117 Å². The van der Waals surface area contributed by atoms with Crippen LogP contribution in [0.2, 0.25) is 0 Å². The second-order valence-corrected chi connectivity index (χ2v) is 5.20. The van der Waals surface area contributed by atoms with Crippen molar-refractivity contribution in [2.75, 3.05) is 12.3 Å². The molecule has 0 unspecified atom stereocenters. The molecule has 0 atom stereocenters. The predicted octanol–water partition coefficient (Wildman–Crippen LogP) is 2.92. The van der Waals surface area contributed by atoms with E-state index in [9.17, 15) is 4.79 Å². The van der Waals surface area contributed by atoms with Gasteiger partial charge in [0.25, 0.3) is 0 Å². The van der Waals surface area contributed by atoms with Crippen molar-refractivity contribution in [2.24, 2.45) is 0 Å². The van der Waals surface area contributed by atoms with Crippen LogP contribution in [-0.4, -0.2) is 17.4 Å². The second kappa shape index (κ2) is 6.38. The summed E-state index contributed by atoms with van der Waals surface area (Å²) in [4.78, 5) is 14.1. The first-order valence-corrected chi connectivity index (χ1v) is 7.27. The Kier molecular flexibility index (Phi) is 4.58. The molecule has 0 spiro atoms. The molecule has 1 heterocycles. The van der Waals surface area contributed by atoms with Crippen LogP contribution in [0.15, 0.2) is 41.1 Å². The van der Waals surface area contributed by atoms with Crippen molar-refractivity contribution >= 4 is 22.9 Å². The van der Waals surface area contributed by atoms with Gasteiger partial charge in [-0.2, -0.15) is 11.3 Å². The van der Waals surface area contributed by atoms with Crippen molar-refractivity contribution in [3.05, 3.63) is 52.2 Å². The number of anilines is 1. The fraction of sp³-hybridized carbons (Fsp3) is 0.267. The monoisotopic (exact) mass is 274 g/mol. The number of hydrogen-bond donors (Lipinski definition) is 1. The normalized spacial score (nSPS) is 10.4. The lowest BCUT2D eigenvalue weighted by Gasteiger charge is -2.21. The summed E-state index contributed by atoms with van der Waals surface area (Å²) in [5.41, 5.74) is 8.74. The van der Waals surface area contributed by atoms with E-state index in [-0.39, 0.29) is 5.91 Å². The first-order chi connectivity index (χ1) is 9.20. The molecule has 0 aliphatic rings. The van der Waals surface area contributed by atoms with Gasteiger partial charge in [0.05, 0.1) is 6.42 Å². The molecule has 0 fully saturated rings. The standard InChI is InChI=1S/C15H18N2OS/c1-2-17(10-13-5-3-4-6-14(13)16)15(18)9-12-7-8-19-11-12/h3-8,11H,2,9-10,16H2,1H3. The molecule has 2 N–H and O–H groups in total. The third-order valence-electron chi connectivity index (χ3n) is 3.09. The fourth-order valence-electron chi connectivity index (χ4n) is 1.94. The van der Waals surface area contributed by atoms with E-state index in [0.29, 0.717) is 19.5 Å². The van der Waals surface area contributed by atoms with Gasteiger partial charge in [-0.25, -0.2) is 0 Å². The lowest BCUT2D eigenvalue weighted by atomic mass is 10.1. The molecule has 0 saturated carbocycles. The smallest absolute Gasteiger partial charge is 0.227 e. The van der Waals surface area contributed by atoms with Crippen molar-refractivity contribution in [3.63, 3.8) is 0 Å². The maximum atomic E-state index is 12.2. The number of hydrogen-bond acceptors (Lipinski definition) is 3. The van der Waals surface area contributed by atoms with Crippen molar-refractivity contribution in [1.82, 2.24) is 4.90 Å². The minimum atomic E-state index is 0.143. The molecule has 0 aliphatic carbocycles. The van der Waals surface area contributed by atoms with Gasteiger partial charge in [-0.1, -0.05) is 18.2 Å². The van der Waals surface area contributed by atoms with Crippen LogP contribution in [0.5, 0.6) is 0 Å². The van der Waals surface area contributed by atoms with Crippen molar-refractivity contribution in [1.29, 1.82) is 0 Å². The molecule has 1 amide bonds. The third kappa shape index (κ3) is 3.58. The average Bonchev–Trinajstić information content (AvgIpc) is 2.90. The molecule has 0 aliphatic heterocycles. The Hall–Kier alpha value is -1.81. The van der Waals surface area contributed by atoms with Gasteiger partial charge < -0.3 is 10.6 Å². The van der Waals surface area contributed by atoms with E-state index < -0.39 is 0 Å². The molecule has 2 aromatic rings. The second-order valence-electron chi connectivity index (χ2n) is 4.42. The highest BCUT2D eigenvalue weighted by Gasteiger charge is 2.14. The number of thiophene rings is 1. The van der Waals surface area contributed by atoms with Crippen LogP contribution in [-0.2, 0) is 17.8 Å². The molecular weight excluding hydrogens is 256 g/mol. The molecule has 100 valence electrons. The molecule has 0 saturated heterocycles. The lowest BCUT2D eigenvalue weighted by molar-refractivity contribution is -0.130. The molecule has 1 aromatic heterocycles. The van der Waals surface area contributed by atoms with E-state index in [0.717, 1.165) is 16.8 Å². The number of nitrogens with zero attached hydrogens (tertiary/aromatic N) is 1. The van der Waals surface area contributed by atoms with Crippen LogP contribution in [0, 0.1) is 0 Å². The highest BCUT2D eigenvalue weighted by Crippen LogP contribution is 2.15. The fourth-order valence-corrected chi connectivity index (χ4v) is 2.61. The number of likely N-dealkylation sites (N-methyl/N-ethyl adjacent to an activating group) is 1. The van der Waals surface area contributed by atoms with Gasteiger partial charge in [-0.05, 0) is 40.9 Å². The van der Waals surface area contributed by atoms with Crippen LogP contribution in [0.4, 0.5) is 5.69 Å². The summed E-state index contributed by atoms with van der Waals surface area (Å²) < 4.78 is 0. The molecule has 3 nitrogen and oxygen atoms in total. The van der Waals surface area contributed by atoms with E-state index in [2.05, 4.69) is 0 Å². The van der Waals surface area contributed by atoms with Gasteiger partial charge in [0.2, 0.25) is 5.91 Å². The predicted molar refractivity (Wildman–Crippen MR) is 80.0 cm³/mol. The zero-order chi connectivity index (χ0) is 13.7. The molecule has 1 aromatic carbocycles. The Balaban J connectivity index is 2.04. The van der Waals surface area contributed by atoms with Gasteiger partial charge >= 0.3 is 0 Å². The van der Waals surface area contributed by atoms with Gasteiger partial charge in [-0.3, -0.25) is 4.79 Å². The minimum absolute atomic E-state index is 0.143. The number of nitrogens with two attached hydrogens (primary N) is 1. The van der Waals surface area contributed by atoms with Crippen LogP contribution in [0.1, 0.15) is 18.1 Å². The maximum Gasteiger partial charge on any atom is 0.227 e. The van der Waals surface area contributed by atoms with E-state index in [4.69, 9.17) is 5.73 Å². The Morgan fingerprint density at radius 1 is 1.32 bits per heavy atom. The van der Waals surface area contributed by atoms with Gasteiger partial charge in [0.1, 0.15) is 0 Å². The third-order valence-corrected chi connectivity index (χ3v) is 3.82. The SMILES string of the molecule is CCN(Cc1ccccc1N)C(=O)Cc1ccsc1. The largest absolute Gasteiger partial charge is 0.398 e. The van der Waals surface area contributed by atoms with Crippen LogP contribution >= 0.6 is 11.3 Å². The van der Waals surface area contributed by atoms with Crippen molar-refractivity contribution in [2.45, 2.75) is 19.9 Å². The summed E-state index contributed by atoms with van der Waals surface area (Å²) in [6.07, 6.45) is 0.462. The number of amides is 1. The summed E-state index contributed by atoms with van der Waals surface area (Å²) in [5.74, 6) is 0.143. The first-order valence-electron chi connectivity index (χ1n) is 6.33. The summed E-state index contributed by atoms with van der Waals surface area (Å²) in [6, 6.07) is 9.68. The van der Waals surface area contributed by atoms with E-state index in [1.165, 1.54) is 0 Å². The van der Waals surface area contributed by atoms with Crippen molar-refractivity contribution in [3.8, 4) is 0 Å². The molecular formula is C15H18N2OS. The molecule has 0 radical (unpaired) electrons. The minimum Gasteiger partial charge on any atom is -0.398 e. The Bertz CT molecular complexity index is 537. The summed E-state index contributed by atoms with van der Waals surface area (Å²) in [5, 5.41) is 4.01. The Morgan fingerprint density at radius 3 is 2.74 bits per heavy atom. The average molecular weight is 274 g/mol. The molecule has 2 rings (SSSR count). The van der Waals surface area contributed by atoms with Gasteiger partial charge in [0, 0.05) is 18.8 Å². The number of rotatable bonds is 5. The number of carbonyl (C=O) groups is 1. The van der Waals surface area contributed by atoms with Gasteiger partial charge in [-0.15, -0.1) is 0 Å². The van der Waals surface area contributed by atoms with E-state index in [1.807, 2.05) is 52.9 Å². The van der Waals surface area contributed by atoms with Gasteiger partial charge in [0.15, 0.2) is 0 Å². The summed E-state index contributed by atoms with van der Waals surface area (Å²) in [7, 11) is 0. The first kappa shape index (κ1) is 13.6. The number of para-hydroxylation sites is 1. The zero-order valence-corrected chi connectivity index (χ0v) is 11.8. The summed E-state index contributed by atoms with van der Waals surface area (Å²) >= 11 is 1.62. The van der Waals surface area contributed by atoms with Crippen LogP contribution in [0.3, 0.4) is 0 Å². The molecule has 0 bridgehead atoms. The van der Waals surface area contributed by atoms with Crippen molar-refractivity contribution < 1.29 is 4.79 Å². The lowest BCUT2D eigenvalue weighted by Crippen LogP contribution is -2.31. The number of carbonyl (C=O) groups excluding carboxylic acids is 1. The molecule has 4 heteroatoms. The number of benzene rings is 1. The topological polar surface area (TPSA) is 46.3 Å². The summed E-state index contributed by atoms with van der Waals surface area (Å²) in [6.45, 7) is 3.26. The quantitative estimate of drug-likeness (QED) is 0.852. The van der Waals surface area contributed by atoms with E-state index >= 15 is 0 Å². The highest BCUT2D eigenvalue weighted by atomic mass is 32.1. The van der Waals surface area contributed by atoms with Crippen LogP contribution in [0.25, 0.3) is 0 Å².